The summed E-state index contributed by atoms with van der Waals surface area (Å²) in [7, 11) is 0. The summed E-state index contributed by atoms with van der Waals surface area (Å²) in [6, 6.07) is 0.743. The van der Waals surface area contributed by atoms with Crippen molar-refractivity contribution in [1.29, 1.82) is 0 Å². The number of allylic oxidation sites excluding steroid dienone is 6. The molecule has 0 N–H and O–H groups in total. The molecule has 1 saturated carbocycles. The first kappa shape index (κ1) is 12.5. The van der Waals surface area contributed by atoms with E-state index in [9.17, 15) is 0 Å². The number of rotatable bonds is 2. The Morgan fingerprint density at radius 3 is 2.84 bits per heavy atom. The maximum atomic E-state index is 3.88. The summed E-state index contributed by atoms with van der Waals surface area (Å²) in [4.78, 5) is 2.57. The van der Waals surface area contributed by atoms with Crippen LogP contribution in [0.15, 0.2) is 59.4 Å². The van der Waals surface area contributed by atoms with E-state index in [0.717, 1.165) is 19.0 Å². The van der Waals surface area contributed by atoms with Crippen LogP contribution in [0.5, 0.6) is 0 Å². The van der Waals surface area contributed by atoms with Crippen molar-refractivity contribution in [2.24, 2.45) is 0 Å². The van der Waals surface area contributed by atoms with E-state index >= 15 is 0 Å². The van der Waals surface area contributed by atoms with Crippen molar-refractivity contribution in [1.82, 2.24) is 4.90 Å². The van der Waals surface area contributed by atoms with E-state index in [-0.39, 0.29) is 0 Å². The smallest absolute Gasteiger partial charge is 0.0433 e. The van der Waals surface area contributed by atoms with Crippen LogP contribution in [0.2, 0.25) is 0 Å². The lowest BCUT2D eigenvalue weighted by molar-refractivity contribution is 0.301. The topological polar surface area (TPSA) is 3.24 Å². The predicted molar refractivity (Wildman–Crippen MR) is 81.8 cm³/mol. The van der Waals surface area contributed by atoms with Gasteiger partial charge >= 0.3 is 0 Å². The van der Waals surface area contributed by atoms with E-state index in [1.807, 2.05) is 6.08 Å². The molecule has 1 fully saturated rings. The van der Waals surface area contributed by atoms with Crippen molar-refractivity contribution in [3.05, 3.63) is 59.4 Å². The molecule has 100 valence electrons. The van der Waals surface area contributed by atoms with Crippen molar-refractivity contribution < 1.29 is 0 Å². The summed E-state index contributed by atoms with van der Waals surface area (Å²) in [5, 5.41) is 0. The first-order chi connectivity index (χ1) is 9.29. The van der Waals surface area contributed by atoms with Crippen LogP contribution in [0.3, 0.4) is 0 Å². The summed E-state index contributed by atoms with van der Waals surface area (Å²) < 4.78 is 0. The predicted octanol–water partition coefficient (Wildman–Crippen LogP) is 4.52. The minimum absolute atomic E-state index is 0.743. The monoisotopic (exact) mass is 253 g/mol. The Bertz CT molecular complexity index is 496. The first-order valence-electron chi connectivity index (χ1n) is 7.46. The average Bonchev–Trinajstić information content (AvgIpc) is 3.06. The fourth-order valence-corrected chi connectivity index (χ4v) is 3.59. The van der Waals surface area contributed by atoms with Gasteiger partial charge in [0.25, 0.3) is 0 Å². The highest BCUT2D eigenvalue weighted by Crippen LogP contribution is 2.36. The van der Waals surface area contributed by atoms with Gasteiger partial charge in [-0.3, -0.25) is 0 Å². The summed E-state index contributed by atoms with van der Waals surface area (Å²) in [6.45, 7) is 7.19. The third-order valence-corrected chi connectivity index (χ3v) is 4.58. The molecule has 1 nitrogen and oxygen atoms in total. The zero-order valence-corrected chi connectivity index (χ0v) is 11.9. The van der Waals surface area contributed by atoms with Crippen molar-refractivity contribution in [2.75, 3.05) is 6.54 Å². The molecule has 0 aromatic heterocycles. The Labute approximate surface area is 116 Å². The number of nitrogens with zero attached hydrogens (tertiary/aromatic N) is 1. The van der Waals surface area contributed by atoms with E-state index in [0.29, 0.717) is 0 Å². The van der Waals surface area contributed by atoms with Gasteiger partial charge < -0.3 is 4.90 Å². The third kappa shape index (κ3) is 2.34. The molecule has 1 heterocycles. The zero-order valence-electron chi connectivity index (χ0n) is 11.9. The van der Waals surface area contributed by atoms with Gasteiger partial charge in [-0.2, -0.15) is 0 Å². The molecule has 0 spiro atoms. The maximum Gasteiger partial charge on any atom is 0.0433 e. The summed E-state index contributed by atoms with van der Waals surface area (Å²) in [6.07, 6.45) is 17.7. The highest BCUT2D eigenvalue weighted by Gasteiger charge is 2.26. The van der Waals surface area contributed by atoms with Crippen molar-refractivity contribution >= 4 is 0 Å². The second kappa shape index (κ2) is 5.24. The van der Waals surface area contributed by atoms with Crippen LogP contribution >= 0.6 is 0 Å². The molecule has 0 bridgehead atoms. The molecule has 0 amide bonds. The summed E-state index contributed by atoms with van der Waals surface area (Å²) >= 11 is 0. The lowest BCUT2D eigenvalue weighted by Gasteiger charge is -2.28. The molecule has 3 rings (SSSR count). The highest BCUT2D eigenvalue weighted by molar-refractivity contribution is 5.56. The standard InChI is InChI=1S/C18H23N/c1-3-7-15-13-19(16-8-4-5-9-16)12-14(2)17-10-6-11-18(15)17/h3,6-7,11-12,16H,1,4-5,8-10,13H2,2H3/b15-7+. The van der Waals surface area contributed by atoms with Crippen LogP contribution < -0.4 is 0 Å². The molecular weight excluding hydrogens is 230 g/mol. The minimum atomic E-state index is 0.743. The van der Waals surface area contributed by atoms with Gasteiger partial charge in [-0.25, -0.2) is 0 Å². The molecular formula is C18H23N. The van der Waals surface area contributed by atoms with Gasteiger partial charge in [-0.05, 0) is 48.5 Å². The fraction of sp³-hybridized carbons (Fsp3) is 0.444. The molecule has 1 aliphatic heterocycles. The van der Waals surface area contributed by atoms with Gasteiger partial charge in [-0.1, -0.05) is 43.7 Å². The average molecular weight is 253 g/mol. The van der Waals surface area contributed by atoms with E-state index < -0.39 is 0 Å². The third-order valence-electron chi connectivity index (χ3n) is 4.58. The van der Waals surface area contributed by atoms with Crippen molar-refractivity contribution in [2.45, 2.75) is 45.1 Å². The molecule has 19 heavy (non-hydrogen) atoms. The van der Waals surface area contributed by atoms with Crippen LogP contribution in [0.1, 0.15) is 39.0 Å². The normalized spacial score (nSPS) is 25.8. The highest BCUT2D eigenvalue weighted by atomic mass is 15.1. The van der Waals surface area contributed by atoms with Crippen LogP contribution in [0, 0.1) is 0 Å². The molecule has 3 aliphatic rings. The summed E-state index contributed by atoms with van der Waals surface area (Å²) in [5.41, 5.74) is 5.82. The van der Waals surface area contributed by atoms with Gasteiger partial charge in [0.05, 0.1) is 0 Å². The van der Waals surface area contributed by atoms with Crippen LogP contribution in [-0.4, -0.2) is 17.5 Å². The van der Waals surface area contributed by atoms with E-state index in [1.165, 1.54) is 48.0 Å². The molecule has 0 atom stereocenters. The lowest BCUT2D eigenvalue weighted by Crippen LogP contribution is -2.30. The van der Waals surface area contributed by atoms with Crippen LogP contribution in [-0.2, 0) is 0 Å². The second-order valence-corrected chi connectivity index (χ2v) is 5.85. The van der Waals surface area contributed by atoms with E-state index in [4.69, 9.17) is 0 Å². The summed E-state index contributed by atoms with van der Waals surface area (Å²) in [5.74, 6) is 0. The number of hydrogen-bond acceptors (Lipinski definition) is 1. The minimum Gasteiger partial charge on any atom is -0.370 e. The Morgan fingerprint density at radius 2 is 2.11 bits per heavy atom. The Kier molecular flexibility index (Phi) is 3.46. The molecule has 0 unspecified atom stereocenters. The van der Waals surface area contributed by atoms with Crippen molar-refractivity contribution in [3.63, 3.8) is 0 Å². The van der Waals surface area contributed by atoms with E-state index in [1.54, 1.807) is 0 Å². The van der Waals surface area contributed by atoms with Gasteiger partial charge in [0.2, 0.25) is 0 Å². The second-order valence-electron chi connectivity index (χ2n) is 5.85. The maximum absolute atomic E-state index is 3.88. The first-order valence-corrected chi connectivity index (χ1v) is 7.46. The Morgan fingerprint density at radius 1 is 1.32 bits per heavy atom. The lowest BCUT2D eigenvalue weighted by atomic mass is 9.99. The Hall–Kier alpha value is -1.50. The molecule has 0 aromatic carbocycles. The van der Waals surface area contributed by atoms with Gasteiger partial charge in [-0.15, -0.1) is 0 Å². The Balaban J connectivity index is 1.95. The van der Waals surface area contributed by atoms with Crippen LogP contribution in [0.4, 0.5) is 0 Å². The van der Waals surface area contributed by atoms with Gasteiger partial charge in [0, 0.05) is 18.8 Å². The molecule has 0 aromatic rings. The molecule has 0 radical (unpaired) electrons. The van der Waals surface area contributed by atoms with Gasteiger partial charge in [0.15, 0.2) is 0 Å². The zero-order chi connectivity index (χ0) is 13.2. The quantitative estimate of drug-likeness (QED) is 0.699. The number of hydrogen-bond donors (Lipinski definition) is 0. The largest absolute Gasteiger partial charge is 0.370 e. The van der Waals surface area contributed by atoms with Gasteiger partial charge in [0.1, 0.15) is 0 Å². The molecule has 1 heteroatoms. The fourth-order valence-electron chi connectivity index (χ4n) is 3.59. The van der Waals surface area contributed by atoms with E-state index in [2.05, 4.69) is 42.8 Å². The molecule has 0 saturated heterocycles. The van der Waals surface area contributed by atoms with Crippen LogP contribution in [0.25, 0.3) is 0 Å². The molecule has 2 aliphatic carbocycles. The SMILES string of the molecule is C=C/C=C1\CN(C2CCCC2)C=C(C)C2=C1C=CC2. The van der Waals surface area contributed by atoms with Crippen molar-refractivity contribution in [3.8, 4) is 0 Å².